The van der Waals surface area contributed by atoms with Crippen LogP contribution >= 0.6 is 0 Å². The summed E-state index contributed by atoms with van der Waals surface area (Å²) in [5, 5.41) is 5.76. The number of hydrogen-bond donors (Lipinski definition) is 2. The van der Waals surface area contributed by atoms with Crippen LogP contribution in [0.1, 0.15) is 16.7 Å². The van der Waals surface area contributed by atoms with Gasteiger partial charge in [-0.25, -0.2) is 4.79 Å². The lowest BCUT2D eigenvalue weighted by Crippen LogP contribution is -2.37. The maximum atomic E-state index is 11.7. The second kappa shape index (κ2) is 8.10. The zero-order chi connectivity index (χ0) is 14.9. The first-order valence-electron chi connectivity index (χ1n) is 7.35. The van der Waals surface area contributed by atoms with E-state index in [2.05, 4.69) is 54.0 Å². The number of nitrogens with one attached hydrogen (secondary N) is 2. The van der Waals surface area contributed by atoms with Crippen molar-refractivity contribution < 1.29 is 4.79 Å². The quantitative estimate of drug-likeness (QED) is 0.840. The first kappa shape index (κ1) is 15.1. The van der Waals surface area contributed by atoms with E-state index in [0.29, 0.717) is 13.1 Å². The molecule has 0 fully saturated rings. The molecule has 0 bridgehead atoms. The number of hydrogen-bond acceptors (Lipinski definition) is 1. The highest BCUT2D eigenvalue weighted by molar-refractivity contribution is 5.73. The number of carbonyl (C=O) groups is 1. The van der Waals surface area contributed by atoms with Crippen LogP contribution in [-0.4, -0.2) is 19.1 Å². The molecule has 0 aromatic heterocycles. The fraction of sp³-hybridized carbons (Fsp3) is 0.278. The van der Waals surface area contributed by atoms with Crippen molar-refractivity contribution in [3.8, 4) is 0 Å². The summed E-state index contributed by atoms with van der Waals surface area (Å²) in [5.41, 5.74) is 3.73. The summed E-state index contributed by atoms with van der Waals surface area (Å²) in [6.07, 6.45) is 1.71. The molecular weight excluding hydrogens is 260 g/mol. The van der Waals surface area contributed by atoms with Crippen LogP contribution in [0.3, 0.4) is 0 Å². The SMILES string of the molecule is Cc1ccc(CCNC(=O)NCCc2ccccc2)cc1. The number of rotatable bonds is 6. The van der Waals surface area contributed by atoms with Crippen LogP contribution in [-0.2, 0) is 12.8 Å². The molecule has 0 aliphatic rings. The van der Waals surface area contributed by atoms with E-state index in [4.69, 9.17) is 0 Å². The maximum Gasteiger partial charge on any atom is 0.314 e. The van der Waals surface area contributed by atoms with E-state index >= 15 is 0 Å². The number of benzene rings is 2. The lowest BCUT2D eigenvalue weighted by Gasteiger charge is -2.08. The van der Waals surface area contributed by atoms with Gasteiger partial charge in [-0.3, -0.25) is 0 Å². The zero-order valence-electron chi connectivity index (χ0n) is 12.4. The molecule has 0 saturated heterocycles. The molecular formula is C18H22N2O. The summed E-state index contributed by atoms with van der Waals surface area (Å²) in [5.74, 6) is 0. The van der Waals surface area contributed by atoms with Crippen LogP contribution in [0, 0.1) is 6.92 Å². The Bertz CT molecular complexity index is 549. The minimum absolute atomic E-state index is 0.0990. The van der Waals surface area contributed by atoms with E-state index < -0.39 is 0 Å². The van der Waals surface area contributed by atoms with Crippen molar-refractivity contribution in [3.63, 3.8) is 0 Å². The molecule has 2 amide bonds. The van der Waals surface area contributed by atoms with Crippen LogP contribution in [0.25, 0.3) is 0 Å². The molecule has 0 aliphatic heterocycles. The molecule has 0 atom stereocenters. The number of aryl methyl sites for hydroxylation is 1. The van der Waals surface area contributed by atoms with Gasteiger partial charge in [0.05, 0.1) is 0 Å². The molecule has 3 heteroatoms. The summed E-state index contributed by atoms with van der Waals surface area (Å²) in [7, 11) is 0. The van der Waals surface area contributed by atoms with Gasteiger partial charge in [-0.15, -0.1) is 0 Å². The maximum absolute atomic E-state index is 11.7. The Morgan fingerprint density at radius 1 is 0.810 bits per heavy atom. The third kappa shape index (κ3) is 5.69. The monoisotopic (exact) mass is 282 g/mol. The van der Waals surface area contributed by atoms with Crippen molar-refractivity contribution in [3.05, 3.63) is 71.3 Å². The van der Waals surface area contributed by atoms with Crippen LogP contribution in [0.5, 0.6) is 0 Å². The normalized spacial score (nSPS) is 10.1. The molecule has 2 aromatic rings. The third-order valence-electron chi connectivity index (χ3n) is 3.36. The topological polar surface area (TPSA) is 41.1 Å². The molecule has 3 nitrogen and oxygen atoms in total. The Labute approximate surface area is 126 Å². The molecule has 2 rings (SSSR count). The molecule has 0 spiro atoms. The first-order chi connectivity index (χ1) is 10.2. The van der Waals surface area contributed by atoms with Crippen LogP contribution in [0.2, 0.25) is 0 Å². The van der Waals surface area contributed by atoms with Gasteiger partial charge in [0.1, 0.15) is 0 Å². The predicted octanol–water partition coefficient (Wildman–Crippen LogP) is 3.08. The highest BCUT2D eigenvalue weighted by Crippen LogP contribution is 2.03. The van der Waals surface area contributed by atoms with E-state index in [1.165, 1.54) is 16.7 Å². The fourth-order valence-corrected chi connectivity index (χ4v) is 2.10. The van der Waals surface area contributed by atoms with Crippen molar-refractivity contribution in [1.29, 1.82) is 0 Å². The standard InChI is InChI=1S/C18H22N2O/c1-15-7-9-17(10-8-15)12-14-20-18(21)19-13-11-16-5-3-2-4-6-16/h2-10H,11-14H2,1H3,(H2,19,20,21). The van der Waals surface area contributed by atoms with Gasteiger partial charge in [0.15, 0.2) is 0 Å². The summed E-state index contributed by atoms with van der Waals surface area (Å²) in [6.45, 7) is 3.38. The largest absolute Gasteiger partial charge is 0.338 e. The Balaban J connectivity index is 1.60. The number of amides is 2. The summed E-state index contributed by atoms with van der Waals surface area (Å²) >= 11 is 0. The Morgan fingerprint density at radius 2 is 1.33 bits per heavy atom. The van der Waals surface area contributed by atoms with Gasteiger partial charge in [-0.05, 0) is 30.9 Å². The lowest BCUT2D eigenvalue weighted by atomic mass is 10.1. The van der Waals surface area contributed by atoms with E-state index in [1.807, 2.05) is 18.2 Å². The lowest BCUT2D eigenvalue weighted by molar-refractivity contribution is 0.241. The zero-order valence-corrected chi connectivity index (χ0v) is 12.4. The molecule has 2 aromatic carbocycles. The van der Waals surface area contributed by atoms with Crippen LogP contribution in [0.15, 0.2) is 54.6 Å². The summed E-state index contributed by atoms with van der Waals surface area (Å²) < 4.78 is 0. The van der Waals surface area contributed by atoms with Crippen molar-refractivity contribution in [2.75, 3.05) is 13.1 Å². The molecule has 110 valence electrons. The highest BCUT2D eigenvalue weighted by Gasteiger charge is 2.00. The van der Waals surface area contributed by atoms with Crippen LogP contribution in [0.4, 0.5) is 4.79 Å². The van der Waals surface area contributed by atoms with Gasteiger partial charge in [-0.1, -0.05) is 60.2 Å². The Hall–Kier alpha value is -2.29. The first-order valence-corrected chi connectivity index (χ1v) is 7.35. The van der Waals surface area contributed by atoms with Gasteiger partial charge < -0.3 is 10.6 Å². The molecule has 0 saturated carbocycles. The van der Waals surface area contributed by atoms with Gasteiger partial charge >= 0.3 is 6.03 Å². The van der Waals surface area contributed by atoms with Gasteiger partial charge in [0.25, 0.3) is 0 Å². The van der Waals surface area contributed by atoms with E-state index in [1.54, 1.807) is 0 Å². The minimum atomic E-state index is -0.0990. The van der Waals surface area contributed by atoms with Crippen molar-refractivity contribution in [2.45, 2.75) is 19.8 Å². The second-order valence-corrected chi connectivity index (χ2v) is 5.15. The minimum Gasteiger partial charge on any atom is -0.338 e. The van der Waals surface area contributed by atoms with Gasteiger partial charge in [0, 0.05) is 13.1 Å². The van der Waals surface area contributed by atoms with Crippen molar-refractivity contribution in [2.24, 2.45) is 0 Å². The summed E-state index contributed by atoms with van der Waals surface area (Å²) in [4.78, 5) is 11.7. The predicted molar refractivity (Wildman–Crippen MR) is 86.4 cm³/mol. The van der Waals surface area contributed by atoms with E-state index in [0.717, 1.165) is 12.8 Å². The highest BCUT2D eigenvalue weighted by atomic mass is 16.2. The molecule has 0 radical (unpaired) electrons. The van der Waals surface area contributed by atoms with Crippen LogP contribution < -0.4 is 10.6 Å². The average molecular weight is 282 g/mol. The fourth-order valence-electron chi connectivity index (χ4n) is 2.10. The van der Waals surface area contributed by atoms with Gasteiger partial charge in [-0.2, -0.15) is 0 Å². The molecule has 0 unspecified atom stereocenters. The van der Waals surface area contributed by atoms with E-state index in [9.17, 15) is 4.79 Å². The Kier molecular flexibility index (Phi) is 5.83. The van der Waals surface area contributed by atoms with Gasteiger partial charge in [0.2, 0.25) is 0 Å². The molecule has 2 N–H and O–H groups in total. The van der Waals surface area contributed by atoms with Crippen molar-refractivity contribution >= 4 is 6.03 Å². The molecule has 0 heterocycles. The molecule has 0 aliphatic carbocycles. The van der Waals surface area contributed by atoms with E-state index in [-0.39, 0.29) is 6.03 Å². The number of carbonyl (C=O) groups excluding carboxylic acids is 1. The van der Waals surface area contributed by atoms with Crippen molar-refractivity contribution in [1.82, 2.24) is 10.6 Å². The second-order valence-electron chi connectivity index (χ2n) is 5.15. The molecule has 21 heavy (non-hydrogen) atoms. The third-order valence-corrected chi connectivity index (χ3v) is 3.36. The smallest absolute Gasteiger partial charge is 0.314 e. The Morgan fingerprint density at radius 3 is 1.90 bits per heavy atom. The summed E-state index contributed by atoms with van der Waals surface area (Å²) in [6, 6.07) is 18.4. The average Bonchev–Trinajstić information content (AvgIpc) is 2.50. The number of urea groups is 1.